The van der Waals surface area contributed by atoms with E-state index in [-0.39, 0.29) is 19.6 Å². The smallest absolute Gasteiger partial charge is 0.306 e. The first kappa shape index (κ1) is 72.8. The second-order valence-corrected chi connectivity index (χ2v) is 22.2. The van der Waals surface area contributed by atoms with Crippen LogP contribution < -0.4 is 0 Å². The predicted molar refractivity (Wildman–Crippen MR) is 316 cm³/mol. The van der Waals surface area contributed by atoms with E-state index in [0.29, 0.717) is 13.0 Å². The average molecular weight is 1120 g/mol. The highest BCUT2D eigenvalue weighted by molar-refractivity contribution is 5.69. The third-order valence-electron chi connectivity index (χ3n) is 15.0. The third kappa shape index (κ3) is 37.5. The van der Waals surface area contributed by atoms with Gasteiger partial charge in [-0.2, -0.15) is 0 Å². The highest BCUT2D eigenvalue weighted by atomic mass is 16.7. The summed E-state index contributed by atoms with van der Waals surface area (Å²) in [4.78, 5) is 13.1. The normalized spacial score (nSPS) is 24.4. The van der Waals surface area contributed by atoms with Gasteiger partial charge in [-0.05, 0) is 57.8 Å². The minimum Gasteiger partial charge on any atom is -0.457 e. The molecule has 11 unspecified atom stereocenters. The molecule has 0 aromatic rings. The van der Waals surface area contributed by atoms with E-state index in [2.05, 4.69) is 74.6 Å². The van der Waals surface area contributed by atoms with Crippen LogP contribution in [0.5, 0.6) is 0 Å². The van der Waals surface area contributed by atoms with Crippen LogP contribution in [0.3, 0.4) is 0 Å². The lowest BCUT2D eigenvalue weighted by molar-refractivity contribution is -0.332. The Labute approximate surface area is 479 Å². The van der Waals surface area contributed by atoms with Crippen LogP contribution in [-0.2, 0) is 33.2 Å². The van der Waals surface area contributed by atoms with E-state index in [0.717, 1.165) is 83.5 Å². The molecule has 0 aliphatic carbocycles. The minimum atomic E-state index is -1.71. The SMILES string of the molecule is CC/C=C\C/C=C\C/C=C\C/C=C\C/C=C\CCCCCCCC(=O)OC(COCCCCCCCCCCCCCCCCCCCCCCCCCC)COC1OC(COC2OC(CO)C(O)C(O)C2O)C(O)C(O)C1O. The molecule has 0 radical (unpaired) electrons. The molecule has 0 saturated carbocycles. The summed E-state index contributed by atoms with van der Waals surface area (Å²) in [6.45, 7) is 3.59. The summed E-state index contributed by atoms with van der Waals surface area (Å²) in [5.74, 6) is -0.392. The van der Waals surface area contributed by atoms with Crippen molar-refractivity contribution in [1.29, 1.82) is 0 Å². The molecule has 14 nitrogen and oxygen atoms in total. The molecule has 0 amide bonds. The first-order chi connectivity index (χ1) is 38.6. The maximum Gasteiger partial charge on any atom is 0.306 e. The van der Waals surface area contributed by atoms with E-state index in [1.165, 1.54) is 135 Å². The summed E-state index contributed by atoms with van der Waals surface area (Å²) in [6.07, 6.45) is 48.6. The van der Waals surface area contributed by atoms with Gasteiger partial charge in [-0.15, -0.1) is 0 Å². The van der Waals surface area contributed by atoms with Crippen molar-refractivity contribution in [2.45, 2.75) is 313 Å². The summed E-state index contributed by atoms with van der Waals surface area (Å²) >= 11 is 0. The fourth-order valence-corrected chi connectivity index (χ4v) is 9.96. The van der Waals surface area contributed by atoms with Crippen LogP contribution in [0.4, 0.5) is 0 Å². The summed E-state index contributed by atoms with van der Waals surface area (Å²) in [6, 6.07) is 0. The second-order valence-electron chi connectivity index (χ2n) is 22.2. The Bertz CT molecular complexity index is 1540. The maximum atomic E-state index is 13.1. The van der Waals surface area contributed by atoms with Crippen molar-refractivity contribution in [3.8, 4) is 0 Å². The van der Waals surface area contributed by atoms with E-state index in [4.69, 9.17) is 28.4 Å². The lowest BCUT2D eigenvalue weighted by atomic mass is 9.98. The maximum absolute atomic E-state index is 13.1. The summed E-state index contributed by atoms with van der Waals surface area (Å²) < 4.78 is 34.5. The van der Waals surface area contributed by atoms with Crippen LogP contribution in [0.15, 0.2) is 60.8 Å². The van der Waals surface area contributed by atoms with Gasteiger partial charge in [-0.3, -0.25) is 4.79 Å². The van der Waals surface area contributed by atoms with Crippen molar-refractivity contribution in [3.63, 3.8) is 0 Å². The Balaban J connectivity index is 1.68. The average Bonchev–Trinajstić information content (AvgIpc) is 3.45. The quantitative estimate of drug-likeness (QED) is 0.0172. The van der Waals surface area contributed by atoms with Gasteiger partial charge in [0.1, 0.15) is 54.9 Å². The number of aliphatic hydroxyl groups excluding tert-OH is 7. The van der Waals surface area contributed by atoms with E-state index < -0.39 is 86.7 Å². The number of aliphatic hydroxyl groups is 7. The molecule has 79 heavy (non-hydrogen) atoms. The summed E-state index contributed by atoms with van der Waals surface area (Å²) in [7, 11) is 0. The Morgan fingerprint density at radius 2 is 0.823 bits per heavy atom. The highest BCUT2D eigenvalue weighted by Gasteiger charge is 2.47. The number of carbonyl (C=O) groups excluding carboxylic acids is 1. The predicted octanol–water partition coefficient (Wildman–Crippen LogP) is 12.4. The molecule has 2 aliphatic rings. The number of carbonyl (C=O) groups is 1. The van der Waals surface area contributed by atoms with Gasteiger partial charge >= 0.3 is 5.97 Å². The molecule has 2 fully saturated rings. The van der Waals surface area contributed by atoms with Gasteiger partial charge in [-0.25, -0.2) is 0 Å². The zero-order valence-corrected chi connectivity index (χ0v) is 49.6. The molecule has 0 aromatic carbocycles. The molecular weight excluding hydrogens is 1000 g/mol. The number of ether oxygens (including phenoxy) is 6. The van der Waals surface area contributed by atoms with E-state index >= 15 is 0 Å². The fourth-order valence-electron chi connectivity index (χ4n) is 9.96. The molecule has 14 heteroatoms. The van der Waals surface area contributed by atoms with Crippen LogP contribution in [0, 0.1) is 0 Å². The monoisotopic (exact) mass is 1120 g/mol. The molecular formula is C65H116O14. The minimum absolute atomic E-state index is 0.0541. The number of unbranched alkanes of at least 4 members (excludes halogenated alkanes) is 28. The largest absolute Gasteiger partial charge is 0.457 e. The van der Waals surface area contributed by atoms with Crippen molar-refractivity contribution < 1.29 is 69.0 Å². The highest BCUT2D eigenvalue weighted by Crippen LogP contribution is 2.27. The molecule has 7 N–H and O–H groups in total. The lowest BCUT2D eigenvalue weighted by Crippen LogP contribution is -2.61. The summed E-state index contributed by atoms with van der Waals surface area (Å²) in [5, 5.41) is 72.5. The molecule has 460 valence electrons. The number of hydrogen-bond donors (Lipinski definition) is 7. The van der Waals surface area contributed by atoms with Gasteiger partial charge in [0.15, 0.2) is 12.6 Å². The topological polar surface area (TPSA) is 214 Å². The molecule has 0 bridgehead atoms. The van der Waals surface area contributed by atoms with Crippen molar-refractivity contribution >= 4 is 5.97 Å². The van der Waals surface area contributed by atoms with Gasteiger partial charge in [0, 0.05) is 13.0 Å². The van der Waals surface area contributed by atoms with E-state index in [1.807, 2.05) is 0 Å². The molecule has 2 rings (SSSR count). The Morgan fingerprint density at radius 1 is 0.430 bits per heavy atom. The van der Waals surface area contributed by atoms with Gasteiger partial charge < -0.3 is 64.2 Å². The van der Waals surface area contributed by atoms with Gasteiger partial charge in [0.2, 0.25) is 0 Å². The molecule has 2 saturated heterocycles. The lowest BCUT2D eigenvalue weighted by Gasteiger charge is -2.42. The van der Waals surface area contributed by atoms with Crippen LogP contribution in [0.25, 0.3) is 0 Å². The van der Waals surface area contributed by atoms with Crippen molar-refractivity contribution in [3.05, 3.63) is 60.8 Å². The zero-order chi connectivity index (χ0) is 57.2. The number of rotatable bonds is 52. The van der Waals surface area contributed by atoms with E-state index in [1.54, 1.807) is 0 Å². The van der Waals surface area contributed by atoms with Crippen molar-refractivity contribution in [2.24, 2.45) is 0 Å². The van der Waals surface area contributed by atoms with Crippen molar-refractivity contribution in [1.82, 2.24) is 0 Å². The molecule has 0 spiro atoms. The van der Waals surface area contributed by atoms with Gasteiger partial charge in [-0.1, -0.05) is 242 Å². The Hall–Kier alpha value is -2.31. The van der Waals surface area contributed by atoms with Crippen molar-refractivity contribution in [2.75, 3.05) is 33.0 Å². The Kier molecular flexibility index (Phi) is 47.3. The number of esters is 1. The summed E-state index contributed by atoms with van der Waals surface area (Å²) in [5.41, 5.74) is 0. The molecule has 2 aliphatic heterocycles. The first-order valence-electron chi connectivity index (χ1n) is 31.9. The molecule has 0 aromatic heterocycles. The van der Waals surface area contributed by atoms with E-state index in [9.17, 15) is 40.5 Å². The van der Waals surface area contributed by atoms with Crippen LogP contribution >= 0.6 is 0 Å². The van der Waals surface area contributed by atoms with Crippen LogP contribution in [-0.4, -0.2) is 142 Å². The van der Waals surface area contributed by atoms with Crippen LogP contribution in [0.2, 0.25) is 0 Å². The molecule has 2 heterocycles. The zero-order valence-electron chi connectivity index (χ0n) is 49.6. The Morgan fingerprint density at radius 3 is 1.29 bits per heavy atom. The number of allylic oxidation sites excluding steroid dienone is 10. The second kappa shape index (κ2) is 51.3. The van der Waals surface area contributed by atoms with Gasteiger partial charge in [0.25, 0.3) is 0 Å². The first-order valence-corrected chi connectivity index (χ1v) is 31.9. The van der Waals surface area contributed by atoms with Crippen LogP contribution in [0.1, 0.15) is 245 Å². The standard InChI is InChI=1S/C65H116O14/c1-3-5-7-9-11-13-15-17-19-21-23-25-26-27-29-31-33-35-37-39-41-43-45-47-49-74-51-54(52-75-64-63(73)61(71)59(69)56(79-64)53-76-65-62(72)60(70)58(68)55(50-66)78-65)77-57(67)48-46-44-42-40-38-36-34-32-30-28-24-22-20-18-16-14-12-10-8-6-4-2/h6,8,12,14,18,20,24,28,32,34,54-56,58-66,68-73H,3-5,7,9-11,13,15-17,19,21-23,25-27,29-31,33,35-53H2,1-2H3/b8-6-,14-12-,20-18-,28-24-,34-32-. The fraction of sp³-hybridized carbons (Fsp3) is 0.831. The number of hydrogen-bond acceptors (Lipinski definition) is 14. The van der Waals surface area contributed by atoms with Gasteiger partial charge in [0.05, 0.1) is 26.4 Å². The third-order valence-corrected chi connectivity index (χ3v) is 15.0. The molecule has 11 atom stereocenters.